The van der Waals surface area contributed by atoms with Gasteiger partial charge in [-0.05, 0) is 19.3 Å². The highest BCUT2D eigenvalue weighted by atomic mass is 127. The molecule has 1 aliphatic rings. The molecule has 1 aliphatic heterocycles. The first kappa shape index (κ1) is 10.3. The SMILES string of the molecule is CC(C)C(=O)N1CCCCC1I. The first-order valence-corrected chi connectivity index (χ1v) is 5.82. The third-order valence-electron chi connectivity index (χ3n) is 2.21. The van der Waals surface area contributed by atoms with E-state index < -0.39 is 0 Å². The minimum Gasteiger partial charge on any atom is -0.331 e. The van der Waals surface area contributed by atoms with Crippen molar-refractivity contribution >= 4 is 28.5 Å². The molecule has 1 unspecified atom stereocenters. The van der Waals surface area contributed by atoms with E-state index in [4.69, 9.17) is 0 Å². The van der Waals surface area contributed by atoms with Crippen molar-refractivity contribution in [2.24, 2.45) is 5.92 Å². The van der Waals surface area contributed by atoms with Gasteiger partial charge in [0, 0.05) is 12.5 Å². The van der Waals surface area contributed by atoms with Crippen LogP contribution in [-0.4, -0.2) is 21.4 Å². The Morgan fingerprint density at radius 3 is 2.67 bits per heavy atom. The normalized spacial score (nSPS) is 24.7. The molecule has 0 bridgehead atoms. The standard InChI is InChI=1S/C9H16INO/c1-7(2)9(12)11-6-4-3-5-8(11)10/h7-8H,3-6H2,1-2H3. The van der Waals surface area contributed by atoms with E-state index in [1.807, 2.05) is 18.7 Å². The van der Waals surface area contributed by atoms with Gasteiger partial charge >= 0.3 is 0 Å². The van der Waals surface area contributed by atoms with E-state index >= 15 is 0 Å². The lowest BCUT2D eigenvalue weighted by molar-refractivity contribution is -0.135. The highest BCUT2D eigenvalue weighted by Gasteiger charge is 2.25. The van der Waals surface area contributed by atoms with Gasteiger partial charge in [0.15, 0.2) is 0 Å². The first-order chi connectivity index (χ1) is 5.63. The fraction of sp³-hybridized carbons (Fsp3) is 0.889. The highest BCUT2D eigenvalue weighted by Crippen LogP contribution is 2.23. The summed E-state index contributed by atoms with van der Waals surface area (Å²) >= 11 is 2.37. The number of likely N-dealkylation sites (tertiary alicyclic amines) is 1. The molecule has 0 aromatic carbocycles. The Labute approximate surface area is 87.8 Å². The fourth-order valence-corrected chi connectivity index (χ4v) is 2.46. The summed E-state index contributed by atoms with van der Waals surface area (Å²) in [4.78, 5) is 13.7. The Kier molecular flexibility index (Phi) is 3.80. The summed E-state index contributed by atoms with van der Waals surface area (Å²) in [5.41, 5.74) is 0. The monoisotopic (exact) mass is 281 g/mol. The molecule has 1 atom stereocenters. The summed E-state index contributed by atoms with van der Waals surface area (Å²) in [6.45, 7) is 4.91. The Hall–Kier alpha value is 0.200. The van der Waals surface area contributed by atoms with Crippen molar-refractivity contribution in [2.45, 2.75) is 37.2 Å². The molecular weight excluding hydrogens is 265 g/mol. The van der Waals surface area contributed by atoms with Crippen LogP contribution < -0.4 is 0 Å². The second-order valence-electron chi connectivity index (χ2n) is 3.62. The van der Waals surface area contributed by atoms with Crippen LogP contribution in [0.1, 0.15) is 33.1 Å². The van der Waals surface area contributed by atoms with Gasteiger partial charge < -0.3 is 4.90 Å². The minimum absolute atomic E-state index is 0.153. The van der Waals surface area contributed by atoms with Gasteiger partial charge in [-0.3, -0.25) is 4.79 Å². The summed E-state index contributed by atoms with van der Waals surface area (Å²) in [5, 5.41) is 0. The van der Waals surface area contributed by atoms with E-state index in [0.29, 0.717) is 9.96 Å². The van der Waals surface area contributed by atoms with Crippen molar-refractivity contribution in [1.82, 2.24) is 4.90 Å². The molecule has 2 nitrogen and oxygen atoms in total. The number of halogens is 1. The van der Waals surface area contributed by atoms with Crippen molar-refractivity contribution in [3.05, 3.63) is 0 Å². The molecule has 1 heterocycles. The zero-order chi connectivity index (χ0) is 9.14. The second-order valence-corrected chi connectivity index (χ2v) is 5.05. The van der Waals surface area contributed by atoms with Crippen LogP contribution in [0.5, 0.6) is 0 Å². The smallest absolute Gasteiger partial charge is 0.225 e. The summed E-state index contributed by atoms with van der Waals surface area (Å²) in [7, 11) is 0. The van der Waals surface area contributed by atoms with Crippen LogP contribution in [0.15, 0.2) is 0 Å². The fourth-order valence-electron chi connectivity index (χ4n) is 1.47. The number of nitrogens with zero attached hydrogens (tertiary/aromatic N) is 1. The van der Waals surface area contributed by atoms with E-state index in [2.05, 4.69) is 22.6 Å². The van der Waals surface area contributed by atoms with Crippen molar-refractivity contribution in [1.29, 1.82) is 0 Å². The molecule has 1 saturated heterocycles. The zero-order valence-electron chi connectivity index (χ0n) is 7.72. The topological polar surface area (TPSA) is 20.3 Å². The zero-order valence-corrected chi connectivity index (χ0v) is 9.87. The molecule has 0 aromatic heterocycles. The van der Waals surface area contributed by atoms with E-state index in [1.165, 1.54) is 19.3 Å². The number of alkyl halides is 1. The van der Waals surface area contributed by atoms with E-state index in [-0.39, 0.29) is 5.92 Å². The summed E-state index contributed by atoms with van der Waals surface area (Å²) < 4.78 is 0.436. The van der Waals surface area contributed by atoms with Crippen LogP contribution in [0, 0.1) is 5.92 Å². The molecule has 0 radical (unpaired) electrons. The van der Waals surface area contributed by atoms with Gasteiger partial charge in [0.05, 0.1) is 4.05 Å². The molecule has 1 amide bonds. The number of rotatable bonds is 1. The maximum Gasteiger partial charge on any atom is 0.225 e. The molecule has 3 heteroatoms. The Balaban J connectivity index is 2.53. The van der Waals surface area contributed by atoms with Gasteiger partial charge in [-0.1, -0.05) is 36.4 Å². The molecule has 0 saturated carbocycles. The predicted molar refractivity (Wildman–Crippen MR) is 58.2 cm³/mol. The maximum atomic E-state index is 11.6. The quantitative estimate of drug-likeness (QED) is 0.410. The number of carbonyl (C=O) groups excluding carboxylic acids is 1. The third kappa shape index (κ3) is 2.34. The average Bonchev–Trinajstić information content (AvgIpc) is 2.04. The van der Waals surface area contributed by atoms with Crippen LogP contribution in [0.4, 0.5) is 0 Å². The Bertz CT molecular complexity index is 170. The molecule has 0 spiro atoms. The lowest BCUT2D eigenvalue weighted by Crippen LogP contribution is -2.42. The molecule has 12 heavy (non-hydrogen) atoms. The van der Waals surface area contributed by atoms with E-state index in [9.17, 15) is 4.79 Å². The summed E-state index contributed by atoms with van der Waals surface area (Å²) in [6, 6.07) is 0. The molecule has 0 aliphatic carbocycles. The molecule has 0 N–H and O–H groups in total. The van der Waals surface area contributed by atoms with Crippen LogP contribution in [0.25, 0.3) is 0 Å². The lowest BCUT2D eigenvalue weighted by atomic mass is 10.1. The molecule has 0 aromatic rings. The second kappa shape index (κ2) is 4.44. The number of carbonyl (C=O) groups is 1. The average molecular weight is 281 g/mol. The van der Waals surface area contributed by atoms with Crippen molar-refractivity contribution < 1.29 is 4.79 Å². The van der Waals surface area contributed by atoms with Gasteiger partial charge in [-0.15, -0.1) is 0 Å². The lowest BCUT2D eigenvalue weighted by Gasteiger charge is -2.33. The number of piperidine rings is 1. The number of hydrogen-bond donors (Lipinski definition) is 0. The van der Waals surface area contributed by atoms with E-state index in [0.717, 1.165) is 6.54 Å². The molecule has 1 rings (SSSR count). The summed E-state index contributed by atoms with van der Waals surface area (Å²) in [5.74, 6) is 0.467. The van der Waals surface area contributed by atoms with E-state index in [1.54, 1.807) is 0 Å². The number of amides is 1. The van der Waals surface area contributed by atoms with Crippen LogP contribution in [-0.2, 0) is 4.79 Å². The number of hydrogen-bond acceptors (Lipinski definition) is 1. The van der Waals surface area contributed by atoms with Gasteiger partial charge in [0.25, 0.3) is 0 Å². The van der Waals surface area contributed by atoms with Crippen molar-refractivity contribution in [2.75, 3.05) is 6.54 Å². The van der Waals surface area contributed by atoms with Gasteiger partial charge in [-0.2, -0.15) is 0 Å². The van der Waals surface area contributed by atoms with Crippen LogP contribution >= 0.6 is 22.6 Å². The van der Waals surface area contributed by atoms with Crippen LogP contribution in [0.2, 0.25) is 0 Å². The molecule has 1 fully saturated rings. The van der Waals surface area contributed by atoms with Gasteiger partial charge in [-0.25, -0.2) is 0 Å². The van der Waals surface area contributed by atoms with Crippen molar-refractivity contribution in [3.63, 3.8) is 0 Å². The third-order valence-corrected chi connectivity index (χ3v) is 3.50. The van der Waals surface area contributed by atoms with Crippen molar-refractivity contribution in [3.8, 4) is 0 Å². The van der Waals surface area contributed by atoms with Gasteiger partial charge in [0.2, 0.25) is 5.91 Å². The minimum atomic E-state index is 0.153. The van der Waals surface area contributed by atoms with Gasteiger partial charge in [0.1, 0.15) is 0 Å². The highest BCUT2D eigenvalue weighted by molar-refractivity contribution is 14.1. The first-order valence-electron chi connectivity index (χ1n) is 4.57. The predicted octanol–water partition coefficient (Wildman–Crippen LogP) is 2.42. The molecule has 70 valence electrons. The summed E-state index contributed by atoms with van der Waals surface area (Å²) in [6.07, 6.45) is 3.62. The Morgan fingerprint density at radius 1 is 1.50 bits per heavy atom. The molecular formula is C9H16INO. The Morgan fingerprint density at radius 2 is 2.17 bits per heavy atom. The largest absolute Gasteiger partial charge is 0.331 e. The maximum absolute atomic E-state index is 11.6. The van der Waals surface area contributed by atoms with Crippen LogP contribution in [0.3, 0.4) is 0 Å².